The van der Waals surface area contributed by atoms with E-state index >= 15 is 0 Å². The van der Waals surface area contributed by atoms with Crippen molar-refractivity contribution >= 4 is 27.9 Å². The molecule has 4 nitrogen and oxygen atoms in total. The fourth-order valence-corrected chi connectivity index (χ4v) is 5.35. The Bertz CT molecular complexity index is 1250. The molecule has 5 heteroatoms. The van der Waals surface area contributed by atoms with E-state index in [1.165, 1.54) is 16.1 Å². The van der Waals surface area contributed by atoms with Crippen LogP contribution >= 0.6 is 11.3 Å². The van der Waals surface area contributed by atoms with Crippen molar-refractivity contribution in [1.82, 2.24) is 9.55 Å². The monoisotopic (exact) mass is 415 g/mol. The van der Waals surface area contributed by atoms with Crippen molar-refractivity contribution in [2.75, 3.05) is 18.0 Å². The van der Waals surface area contributed by atoms with Crippen LogP contribution in [0.5, 0.6) is 0 Å². The van der Waals surface area contributed by atoms with Crippen molar-refractivity contribution in [3.05, 3.63) is 80.9 Å². The van der Waals surface area contributed by atoms with Gasteiger partial charge in [-0.1, -0.05) is 48.0 Å². The van der Waals surface area contributed by atoms with Gasteiger partial charge in [0.25, 0.3) is 5.56 Å². The van der Waals surface area contributed by atoms with E-state index in [9.17, 15) is 4.79 Å². The second-order valence-corrected chi connectivity index (χ2v) is 9.03. The Labute approximate surface area is 180 Å². The number of rotatable bonds is 3. The van der Waals surface area contributed by atoms with Crippen LogP contribution in [0.2, 0.25) is 0 Å². The molecule has 1 saturated heterocycles. The standard InChI is InChI=1S/C25H25N3OS/c1-17-7-9-18(10-8-17)21-16-30-25(26-21)19-11-13-28(14-12-19)23-15-24(29)27(2)22-6-4-3-5-20(22)23/h3-10,15-16,19H,11-14H2,1-2H3. The molecule has 30 heavy (non-hydrogen) atoms. The van der Waals surface area contributed by atoms with E-state index in [2.05, 4.69) is 47.5 Å². The minimum absolute atomic E-state index is 0.0495. The smallest absolute Gasteiger partial charge is 0.252 e. The fourth-order valence-electron chi connectivity index (χ4n) is 4.35. The first-order valence-electron chi connectivity index (χ1n) is 10.5. The van der Waals surface area contributed by atoms with Gasteiger partial charge in [-0.25, -0.2) is 4.98 Å². The van der Waals surface area contributed by atoms with E-state index in [1.807, 2.05) is 25.2 Å². The minimum Gasteiger partial charge on any atom is -0.371 e. The molecule has 4 aromatic rings. The maximum absolute atomic E-state index is 12.5. The van der Waals surface area contributed by atoms with Gasteiger partial charge in [-0.2, -0.15) is 0 Å². The lowest BCUT2D eigenvalue weighted by atomic mass is 9.96. The molecule has 152 valence electrons. The average Bonchev–Trinajstić information content (AvgIpc) is 3.27. The molecule has 0 unspecified atom stereocenters. The van der Waals surface area contributed by atoms with Gasteiger partial charge in [0.05, 0.1) is 21.9 Å². The SMILES string of the molecule is Cc1ccc(-c2csc(C3CCN(c4cc(=O)n(C)c5ccccc45)CC3)n2)cc1. The Morgan fingerprint density at radius 1 is 1.03 bits per heavy atom. The summed E-state index contributed by atoms with van der Waals surface area (Å²) in [6.07, 6.45) is 2.12. The van der Waals surface area contributed by atoms with Crippen LogP contribution in [0.25, 0.3) is 22.2 Å². The average molecular weight is 416 g/mol. The van der Waals surface area contributed by atoms with Gasteiger partial charge >= 0.3 is 0 Å². The third kappa shape index (κ3) is 3.43. The quantitative estimate of drug-likeness (QED) is 0.452. The van der Waals surface area contributed by atoms with Gasteiger partial charge in [0, 0.05) is 48.5 Å². The summed E-state index contributed by atoms with van der Waals surface area (Å²) in [4.78, 5) is 19.8. The lowest BCUT2D eigenvalue weighted by molar-refractivity contribution is 0.504. The number of aromatic nitrogens is 2. The molecule has 0 saturated carbocycles. The fraction of sp³-hybridized carbons (Fsp3) is 0.280. The number of pyridine rings is 1. The van der Waals surface area contributed by atoms with Gasteiger partial charge in [-0.05, 0) is 25.8 Å². The summed E-state index contributed by atoms with van der Waals surface area (Å²) in [6.45, 7) is 4.00. The minimum atomic E-state index is 0.0495. The lowest BCUT2D eigenvalue weighted by Gasteiger charge is -2.33. The predicted octanol–water partition coefficient (Wildman–Crippen LogP) is 5.35. The highest BCUT2D eigenvalue weighted by atomic mass is 32.1. The van der Waals surface area contributed by atoms with Crippen LogP contribution in [0.15, 0.2) is 64.8 Å². The Balaban J connectivity index is 1.35. The number of nitrogens with zero attached hydrogens (tertiary/aromatic N) is 3. The van der Waals surface area contributed by atoms with E-state index < -0.39 is 0 Å². The third-order valence-corrected chi connectivity index (χ3v) is 7.19. The highest BCUT2D eigenvalue weighted by Crippen LogP contribution is 2.35. The van der Waals surface area contributed by atoms with E-state index in [0.29, 0.717) is 5.92 Å². The van der Waals surface area contributed by atoms with Gasteiger partial charge in [-0.3, -0.25) is 4.79 Å². The molecule has 1 aliphatic heterocycles. The number of hydrogen-bond donors (Lipinski definition) is 0. The van der Waals surface area contributed by atoms with Crippen LogP contribution in [-0.4, -0.2) is 22.6 Å². The highest BCUT2D eigenvalue weighted by Gasteiger charge is 2.24. The number of piperidine rings is 1. The maximum Gasteiger partial charge on any atom is 0.252 e. The van der Waals surface area contributed by atoms with Crippen molar-refractivity contribution in [2.24, 2.45) is 7.05 Å². The largest absolute Gasteiger partial charge is 0.371 e. The maximum atomic E-state index is 12.5. The van der Waals surface area contributed by atoms with Crippen LogP contribution in [0.4, 0.5) is 5.69 Å². The van der Waals surface area contributed by atoms with Gasteiger partial charge in [0.1, 0.15) is 0 Å². The highest BCUT2D eigenvalue weighted by molar-refractivity contribution is 7.10. The van der Waals surface area contributed by atoms with Gasteiger partial charge in [-0.15, -0.1) is 11.3 Å². The Morgan fingerprint density at radius 2 is 1.77 bits per heavy atom. The molecule has 1 aliphatic rings. The number of thiazole rings is 1. The molecule has 2 aromatic carbocycles. The second kappa shape index (κ2) is 7.73. The first-order valence-corrected chi connectivity index (χ1v) is 11.3. The summed E-state index contributed by atoms with van der Waals surface area (Å²) in [5.74, 6) is 0.489. The molecule has 1 fully saturated rings. The second-order valence-electron chi connectivity index (χ2n) is 8.14. The number of para-hydroxylation sites is 1. The van der Waals surface area contributed by atoms with Gasteiger partial charge < -0.3 is 9.47 Å². The Hall–Kier alpha value is -2.92. The van der Waals surface area contributed by atoms with Crippen molar-refractivity contribution < 1.29 is 0 Å². The number of fused-ring (bicyclic) bond motifs is 1. The molecule has 2 aromatic heterocycles. The van der Waals surface area contributed by atoms with Gasteiger partial charge in [0.15, 0.2) is 0 Å². The summed E-state index contributed by atoms with van der Waals surface area (Å²) in [6, 6.07) is 18.6. The molecule has 0 bridgehead atoms. The molecule has 0 aliphatic carbocycles. The summed E-state index contributed by atoms with van der Waals surface area (Å²) in [5.41, 5.74) is 5.64. The van der Waals surface area contributed by atoms with Crippen LogP contribution < -0.4 is 10.5 Å². The zero-order valence-corrected chi connectivity index (χ0v) is 18.2. The van der Waals surface area contributed by atoms with E-state index in [1.54, 1.807) is 22.0 Å². The number of hydrogen-bond acceptors (Lipinski definition) is 4. The zero-order chi connectivity index (χ0) is 20.7. The summed E-state index contributed by atoms with van der Waals surface area (Å²) < 4.78 is 1.73. The summed E-state index contributed by atoms with van der Waals surface area (Å²) >= 11 is 1.78. The number of benzene rings is 2. The third-order valence-electron chi connectivity index (χ3n) is 6.19. The lowest BCUT2D eigenvalue weighted by Crippen LogP contribution is -2.34. The van der Waals surface area contributed by atoms with Crippen molar-refractivity contribution in [1.29, 1.82) is 0 Å². The molecule has 0 spiro atoms. The van der Waals surface area contributed by atoms with E-state index in [0.717, 1.165) is 48.2 Å². The zero-order valence-electron chi connectivity index (χ0n) is 17.3. The first-order chi connectivity index (χ1) is 14.6. The topological polar surface area (TPSA) is 38.1 Å². The molecular weight excluding hydrogens is 390 g/mol. The normalized spacial score (nSPS) is 15.1. The van der Waals surface area contributed by atoms with Crippen LogP contribution in [-0.2, 0) is 7.05 Å². The number of anilines is 1. The Kier molecular flexibility index (Phi) is 4.91. The van der Waals surface area contributed by atoms with Crippen LogP contribution in [0.3, 0.4) is 0 Å². The van der Waals surface area contributed by atoms with Crippen molar-refractivity contribution in [3.8, 4) is 11.3 Å². The Morgan fingerprint density at radius 3 is 2.53 bits per heavy atom. The molecule has 0 N–H and O–H groups in total. The molecular formula is C25H25N3OS. The first kappa shape index (κ1) is 19.1. The molecule has 0 atom stereocenters. The molecule has 0 radical (unpaired) electrons. The van der Waals surface area contributed by atoms with Crippen LogP contribution in [0.1, 0.15) is 29.3 Å². The molecule has 0 amide bonds. The summed E-state index contributed by atoms with van der Waals surface area (Å²) in [7, 11) is 1.84. The van der Waals surface area contributed by atoms with Crippen molar-refractivity contribution in [2.45, 2.75) is 25.7 Å². The van der Waals surface area contributed by atoms with Crippen molar-refractivity contribution in [3.63, 3.8) is 0 Å². The van der Waals surface area contributed by atoms with E-state index in [4.69, 9.17) is 4.98 Å². The summed E-state index contributed by atoms with van der Waals surface area (Å²) in [5, 5.41) is 4.56. The number of aryl methyl sites for hydroxylation is 2. The molecule has 5 rings (SSSR count). The predicted molar refractivity (Wildman–Crippen MR) is 126 cm³/mol. The van der Waals surface area contributed by atoms with Gasteiger partial charge in [0.2, 0.25) is 0 Å². The van der Waals surface area contributed by atoms with E-state index in [-0.39, 0.29) is 5.56 Å². The van der Waals surface area contributed by atoms with Crippen LogP contribution in [0, 0.1) is 6.92 Å². The molecule has 3 heterocycles.